The van der Waals surface area contributed by atoms with Crippen molar-refractivity contribution in [2.45, 2.75) is 38.9 Å². The van der Waals surface area contributed by atoms with Crippen LogP contribution in [0.25, 0.3) is 0 Å². The summed E-state index contributed by atoms with van der Waals surface area (Å²) in [7, 11) is 1.74. The number of nitrogens with zero attached hydrogens (tertiary/aromatic N) is 2. The normalized spacial score (nSPS) is 22.5. The molecule has 8 heteroatoms. The minimum atomic E-state index is -0.290. The summed E-state index contributed by atoms with van der Waals surface area (Å²) >= 11 is 0. The SMILES string of the molecule is CN/C=C\C(=N)NC(=O)c1cc(N2C[C@@H](C)O[C@@H](C)C2)nc2c1CCOCC2. The Balaban J connectivity index is 1.94. The molecule has 0 aromatic carbocycles. The quantitative estimate of drug-likeness (QED) is 0.531. The summed E-state index contributed by atoms with van der Waals surface area (Å²) in [4.78, 5) is 20.0. The van der Waals surface area contributed by atoms with E-state index in [9.17, 15) is 4.79 Å². The van der Waals surface area contributed by atoms with Gasteiger partial charge in [0, 0.05) is 37.8 Å². The Morgan fingerprint density at radius 1 is 1.29 bits per heavy atom. The van der Waals surface area contributed by atoms with Crippen LogP contribution in [0.4, 0.5) is 5.82 Å². The number of nitrogens with one attached hydrogen (secondary N) is 3. The zero-order chi connectivity index (χ0) is 20.1. The summed E-state index contributed by atoms with van der Waals surface area (Å²) in [5.41, 5.74) is 2.39. The number of carbonyl (C=O) groups excluding carboxylic acids is 1. The third-order valence-electron chi connectivity index (χ3n) is 4.83. The molecule has 1 aromatic heterocycles. The monoisotopic (exact) mass is 387 g/mol. The predicted octanol–water partition coefficient (Wildman–Crippen LogP) is 1.25. The second kappa shape index (κ2) is 9.16. The Labute approximate surface area is 165 Å². The van der Waals surface area contributed by atoms with E-state index in [1.165, 1.54) is 6.08 Å². The first kappa shape index (κ1) is 20.3. The van der Waals surface area contributed by atoms with Crippen LogP contribution in [0.15, 0.2) is 18.3 Å². The van der Waals surface area contributed by atoms with Crippen molar-refractivity contribution in [2.75, 3.05) is 38.3 Å². The van der Waals surface area contributed by atoms with Crippen molar-refractivity contribution in [3.8, 4) is 0 Å². The number of hydrogen-bond acceptors (Lipinski definition) is 7. The summed E-state index contributed by atoms with van der Waals surface area (Å²) in [6, 6.07) is 1.85. The fourth-order valence-electron chi connectivity index (χ4n) is 3.67. The second-order valence-corrected chi connectivity index (χ2v) is 7.22. The first-order valence-corrected chi connectivity index (χ1v) is 9.72. The lowest BCUT2D eigenvalue weighted by Gasteiger charge is -2.36. The molecule has 0 spiro atoms. The largest absolute Gasteiger partial charge is 0.394 e. The Hall–Kier alpha value is -2.45. The minimum absolute atomic E-state index is 0.0324. The standard InChI is InChI=1S/C20H29N5O3/c1-13-11-25(12-14(2)28-13)19-10-16(20(26)24-18(21)4-7-22-3)15-5-8-27-9-6-17(15)23-19/h4,7,10,13-14,22H,5-6,8-9,11-12H2,1-3H3,(H2,21,24,26)/b7-4-/t13-,14+. The third kappa shape index (κ3) is 4.88. The van der Waals surface area contributed by atoms with Gasteiger partial charge < -0.3 is 25.0 Å². The maximum atomic E-state index is 12.9. The fourth-order valence-corrected chi connectivity index (χ4v) is 3.67. The molecular weight excluding hydrogens is 358 g/mol. The zero-order valence-electron chi connectivity index (χ0n) is 16.7. The molecule has 28 heavy (non-hydrogen) atoms. The van der Waals surface area contributed by atoms with Gasteiger partial charge in [-0.05, 0) is 44.2 Å². The Bertz CT molecular complexity index is 754. The van der Waals surface area contributed by atoms with Crippen molar-refractivity contribution in [3.63, 3.8) is 0 Å². The van der Waals surface area contributed by atoms with Gasteiger partial charge in [0.15, 0.2) is 0 Å². The smallest absolute Gasteiger partial charge is 0.257 e. The molecule has 2 atom stereocenters. The number of hydrogen-bond donors (Lipinski definition) is 3. The third-order valence-corrected chi connectivity index (χ3v) is 4.83. The summed E-state index contributed by atoms with van der Waals surface area (Å²) in [6.45, 7) is 6.72. The molecule has 0 radical (unpaired) electrons. The molecule has 152 valence electrons. The predicted molar refractivity (Wildman–Crippen MR) is 108 cm³/mol. The Kier molecular flexibility index (Phi) is 6.64. The highest BCUT2D eigenvalue weighted by atomic mass is 16.5. The number of rotatable bonds is 4. The molecular formula is C20H29N5O3. The number of amidine groups is 1. The van der Waals surface area contributed by atoms with Crippen LogP contribution >= 0.6 is 0 Å². The first-order valence-electron chi connectivity index (χ1n) is 9.72. The average Bonchev–Trinajstić information content (AvgIpc) is 2.90. The van der Waals surface area contributed by atoms with Crippen LogP contribution in [0.2, 0.25) is 0 Å². The van der Waals surface area contributed by atoms with Crippen LogP contribution in [-0.2, 0) is 22.3 Å². The van der Waals surface area contributed by atoms with Crippen molar-refractivity contribution in [1.82, 2.24) is 15.6 Å². The highest BCUT2D eigenvalue weighted by Crippen LogP contribution is 2.26. The van der Waals surface area contributed by atoms with Crippen molar-refractivity contribution in [3.05, 3.63) is 35.2 Å². The molecule has 2 aliphatic rings. The molecule has 1 aromatic rings. The molecule has 2 aliphatic heterocycles. The van der Waals surface area contributed by atoms with Crippen LogP contribution in [0, 0.1) is 5.41 Å². The van der Waals surface area contributed by atoms with Crippen LogP contribution in [0.1, 0.15) is 35.5 Å². The van der Waals surface area contributed by atoms with Crippen LogP contribution in [-0.4, -0.2) is 62.3 Å². The molecule has 1 amide bonds. The van der Waals surface area contributed by atoms with E-state index in [4.69, 9.17) is 19.9 Å². The van der Waals surface area contributed by atoms with E-state index in [1.807, 2.05) is 19.9 Å². The van der Waals surface area contributed by atoms with Gasteiger partial charge in [0.1, 0.15) is 11.7 Å². The van der Waals surface area contributed by atoms with Crippen molar-refractivity contribution in [2.24, 2.45) is 0 Å². The average molecular weight is 387 g/mol. The zero-order valence-corrected chi connectivity index (χ0v) is 16.7. The maximum absolute atomic E-state index is 12.9. The van der Waals surface area contributed by atoms with Gasteiger partial charge in [-0.15, -0.1) is 0 Å². The van der Waals surface area contributed by atoms with Crippen molar-refractivity contribution < 1.29 is 14.3 Å². The lowest BCUT2D eigenvalue weighted by atomic mass is 10.0. The number of morpholine rings is 1. The number of amides is 1. The number of anilines is 1. The fraction of sp³-hybridized carbons (Fsp3) is 0.550. The van der Waals surface area contributed by atoms with Gasteiger partial charge in [0.05, 0.1) is 25.4 Å². The lowest BCUT2D eigenvalue weighted by molar-refractivity contribution is -0.00547. The van der Waals surface area contributed by atoms with Crippen LogP contribution in [0.5, 0.6) is 0 Å². The molecule has 0 unspecified atom stereocenters. The Morgan fingerprint density at radius 3 is 2.71 bits per heavy atom. The van der Waals surface area contributed by atoms with Gasteiger partial charge in [-0.25, -0.2) is 4.98 Å². The molecule has 3 N–H and O–H groups in total. The van der Waals surface area contributed by atoms with Crippen molar-refractivity contribution >= 4 is 17.6 Å². The molecule has 1 fully saturated rings. The van der Waals surface area contributed by atoms with E-state index in [-0.39, 0.29) is 24.0 Å². The van der Waals surface area contributed by atoms with Gasteiger partial charge in [-0.1, -0.05) is 0 Å². The van der Waals surface area contributed by atoms with E-state index < -0.39 is 0 Å². The molecule has 0 bridgehead atoms. The first-order chi connectivity index (χ1) is 13.5. The summed E-state index contributed by atoms with van der Waals surface area (Å²) in [6.07, 6.45) is 4.63. The topological polar surface area (TPSA) is 99.6 Å². The molecule has 8 nitrogen and oxygen atoms in total. The van der Waals surface area contributed by atoms with Gasteiger partial charge in [0.2, 0.25) is 0 Å². The second-order valence-electron chi connectivity index (χ2n) is 7.22. The van der Waals surface area contributed by atoms with Crippen LogP contribution < -0.4 is 15.5 Å². The maximum Gasteiger partial charge on any atom is 0.257 e. The summed E-state index contributed by atoms with van der Waals surface area (Å²) < 4.78 is 11.4. The van der Waals surface area contributed by atoms with Gasteiger partial charge in [-0.2, -0.15) is 0 Å². The minimum Gasteiger partial charge on any atom is -0.394 e. The highest BCUT2D eigenvalue weighted by molar-refractivity contribution is 6.10. The summed E-state index contributed by atoms with van der Waals surface area (Å²) in [5.74, 6) is 0.525. The number of ether oxygens (including phenoxy) is 2. The van der Waals surface area contributed by atoms with Gasteiger partial charge in [-0.3, -0.25) is 10.2 Å². The van der Waals surface area contributed by atoms with Crippen LogP contribution in [0.3, 0.4) is 0 Å². The van der Waals surface area contributed by atoms with E-state index in [0.717, 1.165) is 30.2 Å². The van der Waals surface area contributed by atoms with E-state index in [0.29, 0.717) is 31.6 Å². The lowest BCUT2D eigenvalue weighted by Crippen LogP contribution is -2.46. The molecule has 0 saturated carbocycles. The van der Waals surface area contributed by atoms with Gasteiger partial charge >= 0.3 is 0 Å². The van der Waals surface area contributed by atoms with E-state index >= 15 is 0 Å². The van der Waals surface area contributed by atoms with E-state index in [1.54, 1.807) is 13.2 Å². The Morgan fingerprint density at radius 2 is 2.00 bits per heavy atom. The van der Waals surface area contributed by atoms with E-state index in [2.05, 4.69) is 15.5 Å². The summed E-state index contributed by atoms with van der Waals surface area (Å²) in [5, 5.41) is 13.4. The van der Waals surface area contributed by atoms with Crippen molar-refractivity contribution in [1.29, 1.82) is 5.41 Å². The molecule has 1 saturated heterocycles. The number of aromatic nitrogens is 1. The molecule has 3 heterocycles. The van der Waals surface area contributed by atoms with Gasteiger partial charge in [0.25, 0.3) is 5.91 Å². The number of carbonyl (C=O) groups is 1. The number of pyridine rings is 1. The number of fused-ring (bicyclic) bond motifs is 1. The highest BCUT2D eigenvalue weighted by Gasteiger charge is 2.27. The molecule has 3 rings (SSSR count). The molecule has 0 aliphatic carbocycles.